The Hall–Kier alpha value is 0.647. The van der Waals surface area contributed by atoms with Crippen molar-refractivity contribution in [1.29, 1.82) is 0 Å². The fraction of sp³-hybridized carbons (Fsp3) is 0.875. The van der Waals surface area contributed by atoms with Gasteiger partial charge >= 0.3 is 0 Å². The van der Waals surface area contributed by atoms with Crippen molar-refractivity contribution in [2.75, 3.05) is 0 Å². The maximum Gasteiger partial charge on any atom is 0.192 e. The van der Waals surface area contributed by atoms with E-state index in [1.165, 1.54) is 12.8 Å². The van der Waals surface area contributed by atoms with Gasteiger partial charge in [-0.15, -0.1) is 0 Å². The van der Waals surface area contributed by atoms with Crippen LogP contribution in [0.3, 0.4) is 0 Å². The molecule has 0 bridgehead atoms. The summed E-state index contributed by atoms with van der Waals surface area (Å²) >= 11 is 2.30. The lowest BCUT2D eigenvalue weighted by molar-refractivity contribution is 0.204. The molecule has 1 nitrogen and oxygen atoms in total. The number of halogens is 1. The van der Waals surface area contributed by atoms with Gasteiger partial charge < -0.3 is 4.43 Å². The molecule has 0 aromatic carbocycles. The smallest absolute Gasteiger partial charge is 0.192 e. The summed E-state index contributed by atoms with van der Waals surface area (Å²) < 4.78 is 8.61. The first kappa shape index (κ1) is 19.6. The van der Waals surface area contributed by atoms with Gasteiger partial charge in [-0.05, 0) is 40.5 Å². The first-order valence-electron chi connectivity index (χ1n) is 7.34. The first-order chi connectivity index (χ1) is 8.39. The average Bonchev–Trinajstić information content (AvgIpc) is 2.13. The van der Waals surface area contributed by atoms with Crippen molar-refractivity contribution in [2.24, 2.45) is 5.41 Å². The van der Waals surface area contributed by atoms with E-state index in [4.69, 9.17) is 4.43 Å². The van der Waals surface area contributed by atoms with Gasteiger partial charge in [0.15, 0.2) is 8.32 Å². The average molecular weight is 396 g/mol. The summed E-state index contributed by atoms with van der Waals surface area (Å²) in [7, 11) is -1.66. The van der Waals surface area contributed by atoms with E-state index >= 15 is 0 Å². The maximum absolute atomic E-state index is 6.50. The van der Waals surface area contributed by atoms with Crippen molar-refractivity contribution >= 4 is 30.9 Å². The zero-order valence-corrected chi connectivity index (χ0v) is 17.3. The third-order valence-electron chi connectivity index (χ3n) is 3.95. The molecular weight excluding hydrogens is 363 g/mol. The van der Waals surface area contributed by atoms with Crippen LogP contribution in [0.5, 0.6) is 0 Å². The molecular formula is C16H33IOSi. The van der Waals surface area contributed by atoms with E-state index in [1.807, 2.05) is 0 Å². The Morgan fingerprint density at radius 2 is 1.63 bits per heavy atom. The highest BCUT2D eigenvalue weighted by Crippen LogP contribution is 2.38. The van der Waals surface area contributed by atoms with Crippen LogP contribution < -0.4 is 0 Å². The second-order valence-electron chi connectivity index (χ2n) is 8.19. The van der Waals surface area contributed by atoms with Crippen molar-refractivity contribution in [3.05, 3.63) is 10.2 Å². The standard InChI is InChI=1S/C16H33IOSi/c1-15(2,3)12-9-10-14(11-13-17)18-19(7,8)16(4,5)6/h11,13-14H,9-10,12H2,1-8H3/b13-11+. The molecule has 0 spiro atoms. The molecule has 0 rings (SSSR count). The zero-order chi connectivity index (χ0) is 15.3. The molecule has 114 valence electrons. The zero-order valence-electron chi connectivity index (χ0n) is 14.1. The lowest BCUT2D eigenvalue weighted by Gasteiger charge is -2.38. The molecule has 1 atom stereocenters. The third-order valence-corrected chi connectivity index (χ3v) is 8.87. The van der Waals surface area contributed by atoms with E-state index in [2.05, 4.69) is 87.4 Å². The molecule has 0 aliphatic heterocycles. The van der Waals surface area contributed by atoms with Crippen molar-refractivity contribution < 1.29 is 4.43 Å². The monoisotopic (exact) mass is 396 g/mol. The van der Waals surface area contributed by atoms with Crippen molar-refractivity contribution in [1.82, 2.24) is 0 Å². The van der Waals surface area contributed by atoms with Gasteiger partial charge in [-0.25, -0.2) is 0 Å². The van der Waals surface area contributed by atoms with E-state index in [0.717, 1.165) is 6.42 Å². The Morgan fingerprint density at radius 1 is 1.11 bits per heavy atom. The lowest BCUT2D eigenvalue weighted by atomic mass is 9.89. The molecule has 0 aliphatic carbocycles. The maximum atomic E-state index is 6.50. The summed E-state index contributed by atoms with van der Waals surface area (Å²) in [5.74, 6) is 0. The predicted molar refractivity (Wildman–Crippen MR) is 98.5 cm³/mol. The van der Waals surface area contributed by atoms with Gasteiger partial charge in [0.25, 0.3) is 0 Å². The van der Waals surface area contributed by atoms with Gasteiger partial charge in [0.2, 0.25) is 0 Å². The van der Waals surface area contributed by atoms with Gasteiger partial charge in [-0.1, -0.05) is 76.6 Å². The number of rotatable bonds is 6. The van der Waals surface area contributed by atoms with E-state index in [9.17, 15) is 0 Å². The molecule has 3 heteroatoms. The van der Waals surface area contributed by atoms with E-state index in [0.29, 0.717) is 11.5 Å². The topological polar surface area (TPSA) is 9.23 Å². The Kier molecular flexibility index (Phi) is 7.86. The third kappa shape index (κ3) is 8.51. The van der Waals surface area contributed by atoms with Crippen LogP contribution in [0.1, 0.15) is 60.8 Å². The van der Waals surface area contributed by atoms with Crippen LogP contribution in [0.15, 0.2) is 10.2 Å². The van der Waals surface area contributed by atoms with Gasteiger partial charge in [0.05, 0.1) is 6.10 Å². The summed E-state index contributed by atoms with van der Waals surface area (Å²) in [6.07, 6.45) is 6.16. The minimum atomic E-state index is -1.66. The predicted octanol–water partition coefficient (Wildman–Crippen LogP) is 6.54. The van der Waals surface area contributed by atoms with Crippen LogP contribution in [0, 0.1) is 5.41 Å². The van der Waals surface area contributed by atoms with Crippen molar-refractivity contribution in [3.8, 4) is 0 Å². The molecule has 0 N–H and O–H groups in total. The van der Waals surface area contributed by atoms with Crippen LogP contribution >= 0.6 is 22.6 Å². The quantitative estimate of drug-likeness (QED) is 0.366. The summed E-state index contributed by atoms with van der Waals surface area (Å²) in [6.45, 7) is 18.5. The molecule has 0 saturated heterocycles. The van der Waals surface area contributed by atoms with Crippen LogP contribution in [0.2, 0.25) is 18.1 Å². The summed E-state index contributed by atoms with van der Waals surface area (Å²) in [5, 5.41) is 0.286. The molecule has 0 fully saturated rings. The molecule has 0 heterocycles. The second kappa shape index (κ2) is 7.60. The van der Waals surface area contributed by atoms with E-state index < -0.39 is 8.32 Å². The molecule has 0 aliphatic rings. The number of hydrogen-bond acceptors (Lipinski definition) is 1. The minimum Gasteiger partial charge on any atom is -0.411 e. The molecule has 0 radical (unpaired) electrons. The molecule has 0 saturated carbocycles. The van der Waals surface area contributed by atoms with Crippen LogP contribution in [0.25, 0.3) is 0 Å². The fourth-order valence-electron chi connectivity index (χ4n) is 1.66. The molecule has 1 unspecified atom stereocenters. The van der Waals surface area contributed by atoms with Crippen molar-refractivity contribution in [2.45, 2.75) is 85.0 Å². The van der Waals surface area contributed by atoms with Crippen LogP contribution in [0.4, 0.5) is 0 Å². The van der Waals surface area contributed by atoms with Gasteiger partial charge in [-0.2, -0.15) is 0 Å². The minimum absolute atomic E-state index is 0.286. The number of hydrogen-bond donors (Lipinski definition) is 0. The normalized spacial score (nSPS) is 16.1. The van der Waals surface area contributed by atoms with E-state index in [-0.39, 0.29) is 5.04 Å². The Morgan fingerprint density at radius 3 is 2.00 bits per heavy atom. The SMILES string of the molecule is CC(C)(C)CCCC(/C=C/I)O[Si](C)(C)C(C)(C)C. The second-order valence-corrected chi connectivity index (χ2v) is 13.7. The largest absolute Gasteiger partial charge is 0.411 e. The Balaban J connectivity index is 4.51. The molecule has 19 heavy (non-hydrogen) atoms. The summed E-state index contributed by atoms with van der Waals surface area (Å²) in [5.41, 5.74) is 0.426. The van der Waals surface area contributed by atoms with Crippen molar-refractivity contribution in [3.63, 3.8) is 0 Å². The highest BCUT2D eigenvalue weighted by atomic mass is 127. The molecule has 0 aromatic heterocycles. The van der Waals surface area contributed by atoms with Crippen LogP contribution in [-0.2, 0) is 4.43 Å². The molecule has 0 amide bonds. The first-order valence-corrected chi connectivity index (χ1v) is 11.5. The fourth-order valence-corrected chi connectivity index (χ4v) is 3.43. The molecule has 0 aromatic rings. The summed E-state index contributed by atoms with van der Waals surface area (Å²) in [6, 6.07) is 0. The van der Waals surface area contributed by atoms with Crippen LogP contribution in [-0.4, -0.2) is 14.4 Å². The van der Waals surface area contributed by atoms with Gasteiger partial charge in [-0.3, -0.25) is 0 Å². The lowest BCUT2D eigenvalue weighted by Crippen LogP contribution is -2.43. The Bertz CT molecular complexity index is 284. The highest BCUT2D eigenvalue weighted by molar-refractivity contribution is 14.1. The highest BCUT2D eigenvalue weighted by Gasteiger charge is 2.38. The van der Waals surface area contributed by atoms with Gasteiger partial charge in [0, 0.05) is 0 Å². The summed E-state index contributed by atoms with van der Waals surface area (Å²) in [4.78, 5) is 0. The Labute approximate surface area is 135 Å². The van der Waals surface area contributed by atoms with E-state index in [1.54, 1.807) is 0 Å². The van der Waals surface area contributed by atoms with Gasteiger partial charge in [0.1, 0.15) is 0 Å².